The lowest BCUT2D eigenvalue weighted by atomic mass is 10.3. The molecule has 72 valence electrons. The van der Waals surface area contributed by atoms with E-state index in [9.17, 15) is 0 Å². The zero-order chi connectivity index (χ0) is 10.4. The van der Waals surface area contributed by atoms with Crippen molar-refractivity contribution in [3.05, 3.63) is 36.7 Å². The minimum absolute atomic E-state index is 0.810. The summed E-state index contributed by atoms with van der Waals surface area (Å²) in [5.41, 5.74) is 0.810. The highest BCUT2D eigenvalue weighted by atomic mass is 31.1. The van der Waals surface area contributed by atoms with E-state index in [0.29, 0.717) is 0 Å². The first-order valence-electron chi connectivity index (χ1n) is 3.71. The predicted molar refractivity (Wildman–Crippen MR) is 51.6 cm³/mol. The van der Waals surface area contributed by atoms with Gasteiger partial charge in [0.25, 0.3) is 0 Å². The zero-order valence-corrected chi connectivity index (χ0v) is 8.00. The van der Waals surface area contributed by atoms with Crippen LogP contribution in [0.15, 0.2) is 36.7 Å². The third-order valence-electron chi connectivity index (χ3n) is 1.38. The Hall–Kier alpha value is -1.42. The van der Waals surface area contributed by atoms with Crippen LogP contribution in [0.5, 0.6) is 0 Å². The molecule has 0 bridgehead atoms. The summed E-state index contributed by atoms with van der Waals surface area (Å²) in [5.74, 6) is 0. The first-order valence-corrected chi connectivity index (χ1v) is 4.87. The lowest BCUT2D eigenvalue weighted by molar-refractivity contribution is 0.405. The molecular formula is C8H8N2O3P+. The minimum atomic E-state index is -2.87. The molecular weight excluding hydrogens is 203 g/mol. The maximum Gasteiger partial charge on any atom is 0.692 e. The summed E-state index contributed by atoms with van der Waals surface area (Å²) < 4.78 is 8.70. The monoisotopic (exact) mass is 211 g/mol. The fourth-order valence-corrected chi connectivity index (χ4v) is 0.908. The molecule has 0 atom stereocenters. The van der Waals surface area contributed by atoms with E-state index in [1.165, 1.54) is 0 Å². The van der Waals surface area contributed by atoms with Gasteiger partial charge in [-0.3, -0.25) is 0 Å². The van der Waals surface area contributed by atoms with Crippen molar-refractivity contribution >= 4 is 19.3 Å². The Bertz CT molecular complexity index is 366. The van der Waals surface area contributed by atoms with Crippen LogP contribution in [-0.2, 0) is 4.57 Å². The van der Waals surface area contributed by atoms with Gasteiger partial charge in [-0.1, -0.05) is 0 Å². The lowest BCUT2D eigenvalue weighted by Gasteiger charge is -1.90. The molecule has 2 heterocycles. The molecule has 0 aliphatic carbocycles. The lowest BCUT2D eigenvalue weighted by Crippen LogP contribution is -1.78. The summed E-state index contributed by atoms with van der Waals surface area (Å²) in [6, 6.07) is 7.80. The van der Waals surface area contributed by atoms with E-state index < -0.39 is 8.25 Å². The highest BCUT2D eigenvalue weighted by Gasteiger charge is 1.93. The van der Waals surface area contributed by atoms with Gasteiger partial charge in [-0.25, -0.2) is 9.97 Å². The van der Waals surface area contributed by atoms with Gasteiger partial charge in [0.05, 0.1) is 0 Å². The fourth-order valence-electron chi connectivity index (χ4n) is 0.908. The summed E-state index contributed by atoms with van der Waals surface area (Å²) in [6.07, 6.45) is 3.49. The quantitative estimate of drug-likeness (QED) is 0.641. The first kappa shape index (κ1) is 10.7. The topological polar surface area (TPSA) is 83.3 Å². The Morgan fingerprint density at radius 3 is 1.86 bits per heavy atom. The number of hydrogen-bond donors (Lipinski definition) is 2. The Labute approximate surface area is 81.0 Å². The fraction of sp³-hybridized carbons (Fsp3) is 0. The van der Waals surface area contributed by atoms with Crippen LogP contribution in [0.25, 0.3) is 11.0 Å². The van der Waals surface area contributed by atoms with Crippen molar-refractivity contribution in [2.24, 2.45) is 0 Å². The van der Waals surface area contributed by atoms with Gasteiger partial charge in [0.15, 0.2) is 5.65 Å². The van der Waals surface area contributed by atoms with Gasteiger partial charge in [0.2, 0.25) is 0 Å². The number of nitrogens with zero attached hydrogens (tertiary/aromatic N) is 2. The average molecular weight is 211 g/mol. The predicted octanol–water partition coefficient (Wildman–Crippen LogP) is 1.26. The number of pyridine rings is 2. The molecule has 0 unspecified atom stereocenters. The molecule has 5 nitrogen and oxygen atoms in total. The number of rotatable bonds is 0. The van der Waals surface area contributed by atoms with Crippen molar-refractivity contribution in [3.63, 3.8) is 0 Å². The molecule has 2 N–H and O–H groups in total. The summed E-state index contributed by atoms with van der Waals surface area (Å²) in [4.78, 5) is 22.4. The van der Waals surface area contributed by atoms with Crippen LogP contribution < -0.4 is 0 Å². The Balaban J connectivity index is 0.000000213. The molecule has 2 aromatic heterocycles. The van der Waals surface area contributed by atoms with Crippen LogP contribution >= 0.6 is 8.25 Å². The molecule has 0 amide bonds. The number of fused-ring (bicyclic) bond motifs is 1. The molecule has 0 spiro atoms. The summed E-state index contributed by atoms with van der Waals surface area (Å²) in [6.45, 7) is 0. The normalized spacial score (nSPS) is 9.00. The maximum absolute atomic E-state index is 8.70. The Morgan fingerprint density at radius 1 is 1.07 bits per heavy atom. The summed E-state index contributed by atoms with van der Waals surface area (Å²) in [5, 5.41) is 1.09. The minimum Gasteiger partial charge on any atom is -0.237 e. The van der Waals surface area contributed by atoms with Crippen molar-refractivity contribution < 1.29 is 14.4 Å². The van der Waals surface area contributed by atoms with Gasteiger partial charge in [0, 0.05) is 22.3 Å². The molecule has 2 aromatic rings. The van der Waals surface area contributed by atoms with Crippen LogP contribution in [0.3, 0.4) is 0 Å². The molecule has 14 heavy (non-hydrogen) atoms. The van der Waals surface area contributed by atoms with E-state index >= 15 is 0 Å². The first-order chi connectivity index (χ1) is 6.70. The van der Waals surface area contributed by atoms with Gasteiger partial charge in [-0.05, 0) is 24.3 Å². The van der Waals surface area contributed by atoms with Crippen molar-refractivity contribution in [2.75, 3.05) is 0 Å². The van der Waals surface area contributed by atoms with Crippen molar-refractivity contribution in [1.29, 1.82) is 0 Å². The summed E-state index contributed by atoms with van der Waals surface area (Å²) in [7, 11) is -2.87. The number of aromatic nitrogens is 2. The molecule has 6 heteroatoms. The van der Waals surface area contributed by atoms with E-state index in [2.05, 4.69) is 9.97 Å². The third kappa shape index (κ3) is 3.53. The van der Waals surface area contributed by atoms with E-state index in [-0.39, 0.29) is 0 Å². The highest BCUT2D eigenvalue weighted by molar-refractivity contribution is 7.30. The van der Waals surface area contributed by atoms with E-state index in [4.69, 9.17) is 14.4 Å². The molecule has 0 aromatic carbocycles. The van der Waals surface area contributed by atoms with Crippen LogP contribution in [0.2, 0.25) is 0 Å². The Morgan fingerprint density at radius 2 is 1.50 bits per heavy atom. The van der Waals surface area contributed by atoms with E-state index in [0.717, 1.165) is 11.0 Å². The van der Waals surface area contributed by atoms with Crippen LogP contribution in [-0.4, -0.2) is 19.8 Å². The SMILES string of the molecule is O=[P+](O)O.c1cnc2ncccc2c1. The van der Waals surface area contributed by atoms with Gasteiger partial charge in [0.1, 0.15) is 0 Å². The Kier molecular flexibility index (Phi) is 4.07. The molecule has 0 aliphatic rings. The van der Waals surface area contributed by atoms with Crippen LogP contribution in [0, 0.1) is 0 Å². The van der Waals surface area contributed by atoms with Gasteiger partial charge >= 0.3 is 8.25 Å². The molecule has 0 radical (unpaired) electrons. The highest BCUT2D eigenvalue weighted by Crippen LogP contribution is 2.04. The maximum atomic E-state index is 8.70. The summed E-state index contributed by atoms with van der Waals surface area (Å²) >= 11 is 0. The molecule has 0 saturated heterocycles. The molecule has 2 rings (SSSR count). The smallest absolute Gasteiger partial charge is 0.237 e. The molecule has 0 saturated carbocycles. The molecule has 0 fully saturated rings. The second kappa shape index (κ2) is 5.34. The van der Waals surface area contributed by atoms with Crippen molar-refractivity contribution in [1.82, 2.24) is 9.97 Å². The number of hydrogen-bond acceptors (Lipinski definition) is 3. The second-order valence-electron chi connectivity index (χ2n) is 2.31. The zero-order valence-electron chi connectivity index (χ0n) is 7.11. The van der Waals surface area contributed by atoms with Crippen molar-refractivity contribution in [2.45, 2.75) is 0 Å². The largest absolute Gasteiger partial charge is 0.692 e. The van der Waals surface area contributed by atoms with Gasteiger partial charge in [-0.15, -0.1) is 9.79 Å². The van der Waals surface area contributed by atoms with Gasteiger partial charge < -0.3 is 0 Å². The average Bonchev–Trinajstić information content (AvgIpc) is 2.17. The van der Waals surface area contributed by atoms with Crippen molar-refractivity contribution in [3.8, 4) is 0 Å². The van der Waals surface area contributed by atoms with Crippen LogP contribution in [0.4, 0.5) is 0 Å². The second-order valence-corrected chi connectivity index (χ2v) is 2.81. The standard InChI is InChI=1S/C8H6N2.HO3P/c1-3-7-4-2-6-10-8(7)9-5-1;1-4(2)3/h1-6H;(H-,1,2,3)/p+1. The van der Waals surface area contributed by atoms with Gasteiger partial charge in [-0.2, -0.15) is 0 Å². The van der Waals surface area contributed by atoms with E-state index in [1.807, 2.05) is 24.3 Å². The van der Waals surface area contributed by atoms with Crippen LogP contribution in [0.1, 0.15) is 0 Å². The third-order valence-corrected chi connectivity index (χ3v) is 1.38. The molecule has 0 aliphatic heterocycles. The van der Waals surface area contributed by atoms with E-state index in [1.54, 1.807) is 12.4 Å².